The Morgan fingerprint density at radius 3 is 2.88 bits per heavy atom. The van der Waals surface area contributed by atoms with Crippen molar-refractivity contribution in [3.05, 3.63) is 46.8 Å². The minimum absolute atomic E-state index is 0.0908. The van der Waals surface area contributed by atoms with Crippen LogP contribution >= 0.6 is 11.3 Å². The largest absolute Gasteiger partial charge is 0.353 e. The highest BCUT2D eigenvalue weighted by atomic mass is 32.1. The van der Waals surface area contributed by atoms with Crippen LogP contribution in [-0.2, 0) is 16.1 Å². The molecule has 5 rings (SSSR count). The molecule has 1 saturated heterocycles. The SMILES string of the molecule is O=C(Cn1cnc2nc(N3CCC[C@@H](C(=O)NC4CC4)C3)sc2c1=O)Nc1cccc(F)c1. The van der Waals surface area contributed by atoms with Crippen LogP contribution in [0.25, 0.3) is 10.3 Å². The van der Waals surface area contributed by atoms with Crippen LogP contribution in [-0.4, -0.2) is 45.5 Å². The van der Waals surface area contributed by atoms with Crippen molar-refractivity contribution in [1.29, 1.82) is 0 Å². The first-order valence-electron chi connectivity index (χ1n) is 10.9. The number of anilines is 2. The zero-order chi connectivity index (χ0) is 22.9. The number of hydrogen-bond donors (Lipinski definition) is 2. The first-order chi connectivity index (χ1) is 16.0. The summed E-state index contributed by atoms with van der Waals surface area (Å²) >= 11 is 1.22. The molecule has 0 bridgehead atoms. The molecule has 0 radical (unpaired) electrons. The number of piperidine rings is 1. The van der Waals surface area contributed by atoms with E-state index in [0.717, 1.165) is 32.2 Å². The fraction of sp³-hybridized carbons (Fsp3) is 0.409. The number of benzene rings is 1. The van der Waals surface area contributed by atoms with E-state index < -0.39 is 11.7 Å². The van der Waals surface area contributed by atoms with E-state index in [1.165, 1.54) is 40.4 Å². The average molecular weight is 471 g/mol. The number of hydrogen-bond acceptors (Lipinski definition) is 7. The van der Waals surface area contributed by atoms with Crippen molar-refractivity contribution in [3.63, 3.8) is 0 Å². The third-order valence-corrected chi connectivity index (χ3v) is 6.87. The van der Waals surface area contributed by atoms with Crippen molar-refractivity contribution in [2.24, 2.45) is 5.92 Å². The van der Waals surface area contributed by atoms with Gasteiger partial charge in [-0.3, -0.25) is 19.0 Å². The van der Waals surface area contributed by atoms with Gasteiger partial charge in [0.1, 0.15) is 23.4 Å². The second-order valence-corrected chi connectivity index (χ2v) is 9.43. The van der Waals surface area contributed by atoms with E-state index in [4.69, 9.17) is 0 Å². The summed E-state index contributed by atoms with van der Waals surface area (Å²) in [6.45, 7) is 1.07. The van der Waals surface area contributed by atoms with Gasteiger partial charge in [0.15, 0.2) is 10.8 Å². The second kappa shape index (κ2) is 8.89. The maximum atomic E-state index is 13.3. The molecule has 2 aliphatic rings. The van der Waals surface area contributed by atoms with Crippen molar-refractivity contribution in [2.45, 2.75) is 38.3 Å². The highest BCUT2D eigenvalue weighted by Gasteiger charge is 2.31. The van der Waals surface area contributed by atoms with Crippen molar-refractivity contribution >= 4 is 44.3 Å². The minimum Gasteiger partial charge on any atom is -0.353 e. The number of amides is 2. The number of rotatable bonds is 6. The van der Waals surface area contributed by atoms with Gasteiger partial charge in [-0.2, -0.15) is 4.98 Å². The number of carbonyl (C=O) groups is 2. The number of halogens is 1. The number of nitrogens with zero attached hydrogens (tertiary/aromatic N) is 4. The lowest BCUT2D eigenvalue weighted by molar-refractivity contribution is -0.125. The Balaban J connectivity index is 1.30. The van der Waals surface area contributed by atoms with Crippen molar-refractivity contribution < 1.29 is 14.0 Å². The molecule has 9 nitrogen and oxygen atoms in total. The van der Waals surface area contributed by atoms with Crippen LogP contribution in [0.5, 0.6) is 0 Å². The second-order valence-electron chi connectivity index (χ2n) is 8.45. The van der Waals surface area contributed by atoms with Crippen molar-refractivity contribution in [2.75, 3.05) is 23.3 Å². The van der Waals surface area contributed by atoms with Crippen LogP contribution in [0, 0.1) is 11.7 Å². The lowest BCUT2D eigenvalue weighted by atomic mass is 9.97. The predicted octanol–water partition coefficient (Wildman–Crippen LogP) is 2.13. The molecule has 3 heterocycles. The van der Waals surface area contributed by atoms with E-state index >= 15 is 0 Å². The lowest BCUT2D eigenvalue weighted by Crippen LogP contribution is -2.43. The zero-order valence-electron chi connectivity index (χ0n) is 17.8. The normalized spacial score (nSPS) is 18.3. The van der Waals surface area contributed by atoms with Crippen LogP contribution in [0.3, 0.4) is 0 Å². The maximum absolute atomic E-state index is 13.3. The number of fused-ring (bicyclic) bond motifs is 1. The van der Waals surface area contributed by atoms with Gasteiger partial charge in [-0.1, -0.05) is 17.4 Å². The smallest absolute Gasteiger partial charge is 0.273 e. The van der Waals surface area contributed by atoms with Crippen LogP contribution in [0.2, 0.25) is 0 Å². The van der Waals surface area contributed by atoms with Gasteiger partial charge in [0.2, 0.25) is 11.8 Å². The number of nitrogens with one attached hydrogen (secondary N) is 2. The molecule has 11 heteroatoms. The first kappa shape index (κ1) is 21.5. The highest BCUT2D eigenvalue weighted by Crippen LogP contribution is 2.30. The summed E-state index contributed by atoms with van der Waals surface area (Å²) in [6.07, 6.45) is 5.11. The number of aromatic nitrogens is 3. The first-order valence-corrected chi connectivity index (χ1v) is 11.7. The van der Waals surface area contributed by atoms with Gasteiger partial charge >= 0.3 is 0 Å². The summed E-state index contributed by atoms with van der Waals surface area (Å²) in [5.74, 6) is -0.931. The molecular formula is C22H23FN6O3S. The Hall–Kier alpha value is -3.34. The molecule has 1 atom stereocenters. The molecule has 3 aromatic rings. The van der Waals surface area contributed by atoms with Gasteiger partial charge in [0.25, 0.3) is 5.56 Å². The number of carbonyl (C=O) groups excluding carboxylic acids is 2. The van der Waals surface area contributed by atoms with Gasteiger partial charge in [0.05, 0.1) is 5.92 Å². The Morgan fingerprint density at radius 1 is 1.24 bits per heavy atom. The summed E-state index contributed by atoms with van der Waals surface area (Å²) in [5.41, 5.74) is 0.275. The zero-order valence-corrected chi connectivity index (χ0v) is 18.6. The molecule has 0 spiro atoms. The monoisotopic (exact) mass is 470 g/mol. The van der Waals surface area contributed by atoms with Gasteiger partial charge in [-0.15, -0.1) is 0 Å². The van der Waals surface area contributed by atoms with Crippen LogP contribution in [0.1, 0.15) is 25.7 Å². The minimum atomic E-state index is -0.464. The van der Waals surface area contributed by atoms with Crippen LogP contribution < -0.4 is 21.1 Å². The van der Waals surface area contributed by atoms with E-state index in [1.807, 2.05) is 4.90 Å². The van der Waals surface area contributed by atoms with Crippen LogP contribution in [0.15, 0.2) is 35.4 Å². The highest BCUT2D eigenvalue weighted by molar-refractivity contribution is 7.22. The van der Waals surface area contributed by atoms with Gasteiger partial charge in [-0.25, -0.2) is 9.37 Å². The quantitative estimate of drug-likeness (QED) is 0.571. The van der Waals surface area contributed by atoms with E-state index in [9.17, 15) is 18.8 Å². The Labute approximate surface area is 192 Å². The van der Waals surface area contributed by atoms with Crippen LogP contribution in [0.4, 0.5) is 15.2 Å². The molecule has 1 saturated carbocycles. The van der Waals surface area contributed by atoms with E-state index in [0.29, 0.717) is 33.8 Å². The Morgan fingerprint density at radius 2 is 2.09 bits per heavy atom. The van der Waals surface area contributed by atoms with Gasteiger partial charge in [0, 0.05) is 24.8 Å². The molecule has 172 valence electrons. The molecule has 2 N–H and O–H groups in total. The standard InChI is InChI=1S/C22H23FN6O3S/c23-14-4-1-5-16(9-14)25-17(30)11-29-12-24-19-18(21(29)32)33-22(27-19)28-8-2-3-13(10-28)20(31)26-15-6-7-15/h1,4-5,9,12-13,15H,2-3,6-8,10-11H2,(H,25,30)(H,26,31)/t13-/m1/s1. The topological polar surface area (TPSA) is 109 Å². The Bertz CT molecular complexity index is 1270. The molecule has 2 fully saturated rings. The summed E-state index contributed by atoms with van der Waals surface area (Å²) in [7, 11) is 0. The third-order valence-electron chi connectivity index (χ3n) is 5.78. The van der Waals surface area contributed by atoms with Crippen molar-refractivity contribution in [1.82, 2.24) is 19.9 Å². The molecule has 0 unspecified atom stereocenters. The molecule has 33 heavy (non-hydrogen) atoms. The van der Waals surface area contributed by atoms with E-state index in [1.54, 1.807) is 6.07 Å². The van der Waals surface area contributed by atoms with Crippen molar-refractivity contribution in [3.8, 4) is 0 Å². The fourth-order valence-corrected chi connectivity index (χ4v) is 4.92. The van der Waals surface area contributed by atoms with Gasteiger partial charge < -0.3 is 15.5 Å². The molecule has 1 aromatic carbocycles. The molecular weight excluding hydrogens is 447 g/mol. The fourth-order valence-electron chi connectivity index (χ4n) is 3.92. The summed E-state index contributed by atoms with van der Waals surface area (Å²) < 4.78 is 14.9. The lowest BCUT2D eigenvalue weighted by Gasteiger charge is -2.31. The Kier molecular flexibility index (Phi) is 5.79. The predicted molar refractivity (Wildman–Crippen MR) is 123 cm³/mol. The summed E-state index contributed by atoms with van der Waals surface area (Å²) in [5, 5.41) is 6.30. The maximum Gasteiger partial charge on any atom is 0.273 e. The molecule has 2 amide bonds. The number of thiazole rings is 1. The third kappa shape index (κ3) is 4.87. The molecule has 2 aromatic heterocycles. The van der Waals surface area contributed by atoms with E-state index in [2.05, 4.69) is 20.6 Å². The van der Waals surface area contributed by atoms with E-state index in [-0.39, 0.29) is 23.9 Å². The average Bonchev–Trinajstić information content (AvgIpc) is 3.50. The summed E-state index contributed by atoms with van der Waals surface area (Å²) in [6, 6.07) is 5.87. The summed E-state index contributed by atoms with van der Waals surface area (Å²) in [4.78, 5) is 48.5. The molecule has 1 aliphatic heterocycles. The molecule has 1 aliphatic carbocycles. The van der Waals surface area contributed by atoms with Gasteiger partial charge in [-0.05, 0) is 43.9 Å².